The van der Waals surface area contributed by atoms with E-state index in [1.54, 1.807) is 38.1 Å². The van der Waals surface area contributed by atoms with Crippen LogP contribution in [0.1, 0.15) is 285 Å². The number of halogens is 6. The Balaban J connectivity index is 0.00000111. The molecule has 0 bridgehead atoms. The number of aryl methyl sites for hydroxylation is 8. The first-order valence-corrected chi connectivity index (χ1v) is 39.8. The summed E-state index contributed by atoms with van der Waals surface area (Å²) in [6.45, 7) is 54.2. The summed E-state index contributed by atoms with van der Waals surface area (Å²) >= 11 is 0. The van der Waals surface area contributed by atoms with Gasteiger partial charge in [-0.1, -0.05) is 206 Å². The van der Waals surface area contributed by atoms with Crippen molar-refractivity contribution in [1.29, 1.82) is 0 Å². The summed E-state index contributed by atoms with van der Waals surface area (Å²) in [4.78, 5) is 0. The molecule has 6 nitrogen and oxygen atoms in total. The molecule has 12 rings (SSSR count). The molecule has 4 heterocycles. The molecular formula is C92H152F6O6. The van der Waals surface area contributed by atoms with Crippen molar-refractivity contribution < 1.29 is 54.8 Å². The van der Waals surface area contributed by atoms with Crippen molar-refractivity contribution in [2.45, 2.75) is 320 Å². The number of rotatable bonds is 1. The molecule has 598 valence electrons. The zero-order valence-electron chi connectivity index (χ0n) is 69.4. The first kappa shape index (κ1) is 99.7. The van der Waals surface area contributed by atoms with Crippen LogP contribution in [0, 0.1) is 138 Å². The summed E-state index contributed by atoms with van der Waals surface area (Å²) in [7, 11) is 0. The van der Waals surface area contributed by atoms with Crippen molar-refractivity contribution in [3.05, 3.63) is 163 Å². The lowest BCUT2D eigenvalue weighted by atomic mass is 9.82. The van der Waals surface area contributed by atoms with E-state index in [2.05, 4.69) is 121 Å². The largest absolute Gasteiger partial charge is 0.378 e. The minimum Gasteiger partial charge on any atom is -0.378 e. The lowest BCUT2D eigenvalue weighted by Gasteiger charge is -2.24. The standard InChI is InChI=1S/C9H18.C8H8F2.2C8H13F.2C8H9F.C8H16.C8H10.2C7H14O.2C6H12O2.CH4/c1-3-9-6-4-8(2)5-7-9;1-5-3-4-6(2)8(10)7(5)9;4*1-6-3-4-7(2)8(9)5-6;2*1-7-3-5-8(2)6-4-7;2*1-6-3-4-7(2)8-5-6;2*1-5-3-7-6(2)8-4-5;/h8-9H,3-7H2,1-2H3;3-4H,1-2H3;2*6H,3-5H2,1-2H3;2*3-5H,1-2H3;7-8H,3-6H2,1-2H3;3-6H,1-2H3;2*6-7H,3-5H2,1-2H3;2*5-6H,3-4H2,1-2H3;1H4. The fourth-order valence-corrected chi connectivity index (χ4v) is 11.7. The van der Waals surface area contributed by atoms with E-state index >= 15 is 0 Å². The first-order valence-electron chi connectivity index (χ1n) is 39.8. The maximum absolute atomic E-state index is 12.7. The van der Waals surface area contributed by atoms with Gasteiger partial charge in [-0.2, -0.15) is 0 Å². The van der Waals surface area contributed by atoms with Crippen LogP contribution in [0.2, 0.25) is 0 Å². The van der Waals surface area contributed by atoms with Gasteiger partial charge in [-0.25, -0.2) is 26.3 Å². The summed E-state index contributed by atoms with van der Waals surface area (Å²) in [5.74, 6) is 6.57. The Kier molecular flexibility index (Phi) is 54.5. The van der Waals surface area contributed by atoms with Crippen molar-refractivity contribution in [1.82, 2.24) is 0 Å². The molecule has 6 atom stereocenters. The fraction of sp³-hybridized carbons (Fsp3) is 0.696. The third kappa shape index (κ3) is 48.9. The average Bonchev–Trinajstić information content (AvgIpc) is 0.890. The molecule has 4 aromatic rings. The van der Waals surface area contributed by atoms with Crippen molar-refractivity contribution in [3.8, 4) is 0 Å². The Hall–Kier alpha value is -4.30. The Morgan fingerprint density at radius 3 is 0.798 bits per heavy atom. The van der Waals surface area contributed by atoms with E-state index in [0.717, 1.165) is 110 Å². The number of hydrogen-bond donors (Lipinski definition) is 0. The average molecular weight is 1470 g/mol. The summed E-state index contributed by atoms with van der Waals surface area (Å²) in [5, 5.41) is 0. The molecule has 4 aliphatic heterocycles. The normalized spacial score (nSPS) is 26.8. The molecule has 4 aliphatic carbocycles. The van der Waals surface area contributed by atoms with E-state index in [9.17, 15) is 26.3 Å². The van der Waals surface area contributed by atoms with Crippen LogP contribution < -0.4 is 0 Å². The predicted molar refractivity (Wildman–Crippen MR) is 431 cm³/mol. The van der Waals surface area contributed by atoms with E-state index in [1.807, 2.05) is 53.7 Å². The second-order valence-corrected chi connectivity index (χ2v) is 32.3. The van der Waals surface area contributed by atoms with Crippen LogP contribution in [0.3, 0.4) is 0 Å². The minimum atomic E-state index is -0.736. The molecule has 0 radical (unpaired) electrons. The summed E-state index contributed by atoms with van der Waals surface area (Å²) in [6.07, 6.45) is 25.2. The highest BCUT2D eigenvalue weighted by Gasteiger charge is 2.20. The van der Waals surface area contributed by atoms with Gasteiger partial charge in [0.15, 0.2) is 24.2 Å². The minimum absolute atomic E-state index is 0. The Morgan fingerprint density at radius 1 is 0.298 bits per heavy atom. The molecular weight excluding hydrogens is 1310 g/mol. The van der Waals surface area contributed by atoms with Crippen molar-refractivity contribution in [2.75, 3.05) is 39.6 Å². The van der Waals surface area contributed by atoms with Gasteiger partial charge < -0.3 is 28.4 Å². The van der Waals surface area contributed by atoms with Crippen LogP contribution in [0.5, 0.6) is 0 Å². The van der Waals surface area contributed by atoms with E-state index in [1.165, 1.54) is 133 Å². The van der Waals surface area contributed by atoms with Crippen molar-refractivity contribution >= 4 is 0 Å². The second-order valence-electron chi connectivity index (χ2n) is 32.3. The van der Waals surface area contributed by atoms with Crippen LogP contribution in [-0.4, -0.2) is 64.4 Å². The monoisotopic (exact) mass is 1470 g/mol. The summed E-state index contributed by atoms with van der Waals surface area (Å²) in [5.41, 5.74) is 8.65. The number of ether oxygens (including phenoxy) is 6. The predicted octanol–water partition coefficient (Wildman–Crippen LogP) is 28.2. The Bertz CT molecular complexity index is 2560. The van der Waals surface area contributed by atoms with E-state index in [-0.39, 0.29) is 43.3 Å². The number of hydrogen-bond acceptors (Lipinski definition) is 6. The molecule has 104 heavy (non-hydrogen) atoms. The van der Waals surface area contributed by atoms with Crippen molar-refractivity contribution in [2.24, 2.45) is 59.2 Å². The van der Waals surface area contributed by atoms with Gasteiger partial charge in [0.1, 0.15) is 11.6 Å². The van der Waals surface area contributed by atoms with Gasteiger partial charge in [-0.3, -0.25) is 0 Å². The smallest absolute Gasteiger partial charge is 0.161 e. The van der Waals surface area contributed by atoms with Crippen LogP contribution in [0.25, 0.3) is 0 Å². The maximum atomic E-state index is 12.7. The van der Waals surface area contributed by atoms with Gasteiger partial charge in [0, 0.05) is 37.9 Å². The van der Waals surface area contributed by atoms with E-state index < -0.39 is 11.6 Å². The third-order valence-corrected chi connectivity index (χ3v) is 20.3. The zero-order chi connectivity index (χ0) is 77.7. The molecule has 0 aromatic heterocycles. The topological polar surface area (TPSA) is 55.4 Å². The molecule has 2 saturated carbocycles. The molecule has 8 aliphatic rings. The molecule has 4 saturated heterocycles. The summed E-state index contributed by atoms with van der Waals surface area (Å²) in [6, 6.07) is 22.0. The van der Waals surface area contributed by atoms with Gasteiger partial charge in [0.25, 0.3) is 0 Å². The first-order chi connectivity index (χ1) is 48.5. The third-order valence-electron chi connectivity index (χ3n) is 20.3. The fourth-order valence-electron chi connectivity index (χ4n) is 11.7. The van der Waals surface area contributed by atoms with Crippen LogP contribution >= 0.6 is 0 Å². The molecule has 12 heteroatoms. The van der Waals surface area contributed by atoms with Gasteiger partial charge in [0.05, 0.1) is 50.3 Å². The molecule has 0 N–H and O–H groups in total. The van der Waals surface area contributed by atoms with Crippen molar-refractivity contribution in [3.63, 3.8) is 0 Å². The molecule has 0 spiro atoms. The van der Waals surface area contributed by atoms with E-state index in [4.69, 9.17) is 28.4 Å². The second kappa shape index (κ2) is 56.9. The molecule has 6 fully saturated rings. The molecule has 6 unspecified atom stereocenters. The highest BCUT2D eigenvalue weighted by atomic mass is 19.2. The number of allylic oxidation sites excluding steroid dienone is 4. The lowest BCUT2D eigenvalue weighted by Crippen LogP contribution is -2.27. The maximum Gasteiger partial charge on any atom is 0.161 e. The lowest BCUT2D eigenvalue weighted by molar-refractivity contribution is -0.187. The molecule has 4 aromatic carbocycles. The SMILES string of the molecule is C.CC1=C(F)CC(C)CC1.CC1=C(F)CC(C)CC1.CC1CCC(C)CC1.CC1CCC(C)OC1.CC1CCC(C)OC1.CC1COC(C)OC1.CC1COC(C)OC1.CCC1CCC(C)CC1.Cc1ccc(C)c(F)c1.Cc1ccc(C)c(F)c1.Cc1ccc(C)c(F)c1F.Cc1ccc(C)cc1. The van der Waals surface area contributed by atoms with Gasteiger partial charge >= 0.3 is 0 Å². The van der Waals surface area contributed by atoms with E-state index in [0.29, 0.717) is 71.0 Å². The number of benzene rings is 4. The van der Waals surface area contributed by atoms with Crippen LogP contribution in [0.15, 0.2) is 95.6 Å². The zero-order valence-corrected chi connectivity index (χ0v) is 69.4. The van der Waals surface area contributed by atoms with Gasteiger partial charge in [-0.15, -0.1) is 0 Å². The van der Waals surface area contributed by atoms with Crippen LogP contribution in [-0.2, 0) is 28.4 Å². The molecule has 0 amide bonds. The highest BCUT2D eigenvalue weighted by molar-refractivity contribution is 5.25. The van der Waals surface area contributed by atoms with Crippen LogP contribution in [0.4, 0.5) is 26.3 Å². The summed E-state index contributed by atoms with van der Waals surface area (Å²) < 4.78 is 107. The van der Waals surface area contributed by atoms with Gasteiger partial charge in [0.2, 0.25) is 0 Å². The quantitative estimate of drug-likeness (QED) is 0.177. The highest BCUT2D eigenvalue weighted by Crippen LogP contribution is 2.32. The Labute approximate surface area is 634 Å². The Morgan fingerprint density at radius 2 is 0.567 bits per heavy atom. The van der Waals surface area contributed by atoms with Gasteiger partial charge in [-0.05, 0) is 252 Å².